The van der Waals surface area contributed by atoms with E-state index in [2.05, 4.69) is 6.92 Å². The molecule has 0 amide bonds. The molecule has 0 aromatic rings. The summed E-state index contributed by atoms with van der Waals surface area (Å²) in [5.74, 6) is -2.14. The van der Waals surface area contributed by atoms with Crippen molar-refractivity contribution >= 4 is 5.97 Å². The summed E-state index contributed by atoms with van der Waals surface area (Å²) in [5.41, 5.74) is -0.793. The summed E-state index contributed by atoms with van der Waals surface area (Å²) in [4.78, 5) is 23.2. The molecule has 1 saturated carbocycles. The quantitative estimate of drug-likeness (QED) is 0.424. The van der Waals surface area contributed by atoms with Crippen molar-refractivity contribution in [3.8, 4) is 0 Å². The molecule has 13 atom stereocenters. The molecular weight excluding hydrogens is 428 g/mol. The SMILES string of the molecule is C[C@H]1[C@H](OC2OC(C(=O)O)C(O)C(O)C2O)O[C@@H]2O[C@@]3(C)CC[C@H]4[C@H](C)CC[C@@H]1C24OO3. The average Bonchev–Trinajstić information content (AvgIpc) is 2.97. The largest absolute Gasteiger partial charge is 0.479 e. The highest BCUT2D eigenvalue weighted by molar-refractivity contribution is 5.73. The normalized spacial score (nSPS) is 57.5. The van der Waals surface area contributed by atoms with Crippen LogP contribution in [0.25, 0.3) is 0 Å². The van der Waals surface area contributed by atoms with Gasteiger partial charge in [-0.25, -0.2) is 14.6 Å². The highest BCUT2D eigenvalue weighted by Crippen LogP contribution is 2.60. The number of aliphatic carboxylic acids is 1. The first-order valence-electron chi connectivity index (χ1n) is 11.4. The molecule has 6 rings (SSSR count). The number of ether oxygens (including phenoxy) is 4. The molecule has 11 nitrogen and oxygen atoms in total. The number of carboxylic acid groups (broad SMARTS) is 1. The topological polar surface area (TPSA) is 153 Å². The van der Waals surface area contributed by atoms with Gasteiger partial charge in [-0.05, 0) is 38.0 Å². The van der Waals surface area contributed by atoms with Crippen LogP contribution in [0.2, 0.25) is 0 Å². The number of aliphatic hydroxyl groups is 3. The molecule has 5 aliphatic heterocycles. The van der Waals surface area contributed by atoms with Gasteiger partial charge in [-0.15, -0.1) is 0 Å². The summed E-state index contributed by atoms with van der Waals surface area (Å²) in [5, 5.41) is 39.7. The van der Waals surface area contributed by atoms with E-state index in [1.54, 1.807) is 6.92 Å². The Hall–Kier alpha value is -0.890. The van der Waals surface area contributed by atoms with Crippen LogP contribution in [0.4, 0.5) is 0 Å². The van der Waals surface area contributed by atoms with E-state index in [1.165, 1.54) is 0 Å². The van der Waals surface area contributed by atoms with E-state index in [1.807, 2.05) is 6.92 Å². The molecule has 0 aromatic heterocycles. The molecule has 11 heteroatoms. The first-order valence-corrected chi connectivity index (χ1v) is 11.4. The van der Waals surface area contributed by atoms with Crippen LogP contribution < -0.4 is 0 Å². The number of fused-ring (bicyclic) bond motifs is 2. The third kappa shape index (κ3) is 3.25. The Morgan fingerprint density at radius 2 is 1.69 bits per heavy atom. The van der Waals surface area contributed by atoms with Gasteiger partial charge in [0.2, 0.25) is 5.79 Å². The Bertz CT molecular complexity index is 749. The van der Waals surface area contributed by atoms with E-state index < -0.39 is 60.6 Å². The zero-order valence-corrected chi connectivity index (χ0v) is 18.3. The molecule has 182 valence electrons. The van der Waals surface area contributed by atoms with Gasteiger partial charge in [-0.2, -0.15) is 0 Å². The molecule has 0 aromatic carbocycles. The second kappa shape index (κ2) is 7.82. The van der Waals surface area contributed by atoms with Crippen molar-refractivity contribution in [3.05, 3.63) is 0 Å². The summed E-state index contributed by atoms with van der Waals surface area (Å²) in [6.45, 7) is 5.94. The van der Waals surface area contributed by atoms with Crippen LogP contribution >= 0.6 is 0 Å². The number of hydrogen-bond acceptors (Lipinski definition) is 10. The maximum atomic E-state index is 11.4. The predicted molar refractivity (Wildman–Crippen MR) is 102 cm³/mol. The monoisotopic (exact) mass is 460 g/mol. The van der Waals surface area contributed by atoms with E-state index in [0.717, 1.165) is 19.3 Å². The van der Waals surface area contributed by atoms with Crippen LogP contribution in [0, 0.1) is 23.7 Å². The highest BCUT2D eigenvalue weighted by atomic mass is 17.3. The van der Waals surface area contributed by atoms with Gasteiger partial charge in [0, 0.05) is 18.3 Å². The van der Waals surface area contributed by atoms with Crippen molar-refractivity contribution in [2.45, 2.75) is 101 Å². The maximum Gasteiger partial charge on any atom is 0.335 e. The van der Waals surface area contributed by atoms with Crippen molar-refractivity contribution < 1.29 is 53.9 Å². The molecule has 2 bridgehead atoms. The summed E-state index contributed by atoms with van der Waals surface area (Å²) in [7, 11) is 0. The smallest absolute Gasteiger partial charge is 0.335 e. The van der Waals surface area contributed by atoms with Crippen LogP contribution in [0.15, 0.2) is 0 Å². The van der Waals surface area contributed by atoms with Crippen molar-refractivity contribution in [1.82, 2.24) is 0 Å². The van der Waals surface area contributed by atoms with Gasteiger partial charge in [0.15, 0.2) is 30.6 Å². The minimum absolute atomic E-state index is 0.0402. The summed E-state index contributed by atoms with van der Waals surface area (Å²) in [6, 6.07) is 0. The average molecular weight is 460 g/mol. The predicted octanol–water partition coefficient (Wildman–Crippen LogP) is 0.103. The first-order chi connectivity index (χ1) is 15.1. The zero-order valence-electron chi connectivity index (χ0n) is 18.3. The maximum absolute atomic E-state index is 11.4. The van der Waals surface area contributed by atoms with E-state index in [4.69, 9.17) is 28.7 Å². The summed E-state index contributed by atoms with van der Waals surface area (Å²) >= 11 is 0. The lowest BCUT2D eigenvalue weighted by molar-refractivity contribution is -0.579. The number of aliphatic hydroxyl groups excluding tert-OH is 3. The molecule has 6 unspecified atom stereocenters. The molecule has 6 fully saturated rings. The second-order valence-electron chi connectivity index (χ2n) is 10.1. The first kappa shape index (κ1) is 22.9. The Morgan fingerprint density at radius 1 is 0.938 bits per heavy atom. The van der Waals surface area contributed by atoms with Crippen LogP contribution in [0.5, 0.6) is 0 Å². The van der Waals surface area contributed by atoms with Crippen LogP contribution in [0.1, 0.15) is 46.5 Å². The lowest BCUT2D eigenvalue weighted by atomic mass is 9.58. The standard InChI is InChI=1S/C21H32O11/c1-8-4-5-11-9(2)17(28-18-14(24)12(22)13(23)15(27-18)16(25)26)29-19-21(11)10(8)6-7-20(3,30-19)31-32-21/h8-15,17-19,22-24H,4-7H2,1-3H3,(H,25,26)/t8-,9-,10+,11+,12?,13?,14?,15?,17-,18?,19-,20-,21?/m1/s1. The van der Waals surface area contributed by atoms with Gasteiger partial charge in [0.25, 0.3) is 0 Å². The zero-order chi connectivity index (χ0) is 23.0. The Balaban J connectivity index is 1.41. The molecule has 0 radical (unpaired) electrons. The van der Waals surface area contributed by atoms with E-state index in [9.17, 15) is 25.2 Å². The van der Waals surface area contributed by atoms with Crippen LogP contribution in [0.3, 0.4) is 0 Å². The van der Waals surface area contributed by atoms with Crippen molar-refractivity contribution in [2.24, 2.45) is 23.7 Å². The third-order valence-corrected chi connectivity index (χ3v) is 8.18. The van der Waals surface area contributed by atoms with Gasteiger partial charge in [0.1, 0.15) is 18.3 Å². The minimum Gasteiger partial charge on any atom is -0.479 e. The van der Waals surface area contributed by atoms with E-state index in [0.29, 0.717) is 12.3 Å². The van der Waals surface area contributed by atoms with Crippen molar-refractivity contribution in [1.29, 1.82) is 0 Å². The highest BCUT2D eigenvalue weighted by Gasteiger charge is 2.69. The molecule has 5 heterocycles. The molecule has 5 saturated heterocycles. The Kier molecular flexibility index (Phi) is 5.59. The number of hydrogen-bond donors (Lipinski definition) is 4. The second-order valence-corrected chi connectivity index (χ2v) is 10.1. The minimum atomic E-state index is -1.79. The van der Waals surface area contributed by atoms with Gasteiger partial charge in [0.05, 0.1) is 0 Å². The number of carboxylic acids is 1. The van der Waals surface area contributed by atoms with Crippen molar-refractivity contribution in [2.75, 3.05) is 0 Å². The molecule has 1 spiro atoms. The molecule has 1 aliphatic carbocycles. The van der Waals surface area contributed by atoms with E-state index in [-0.39, 0.29) is 17.8 Å². The molecule has 6 aliphatic rings. The van der Waals surface area contributed by atoms with Gasteiger partial charge in [-0.1, -0.05) is 13.8 Å². The molecule has 32 heavy (non-hydrogen) atoms. The number of carbonyl (C=O) groups is 1. The summed E-state index contributed by atoms with van der Waals surface area (Å²) in [6.07, 6.45) is -6.80. The fourth-order valence-corrected chi connectivity index (χ4v) is 6.32. The van der Waals surface area contributed by atoms with Gasteiger partial charge in [-0.3, -0.25) is 0 Å². The third-order valence-electron chi connectivity index (χ3n) is 8.18. The van der Waals surface area contributed by atoms with E-state index >= 15 is 0 Å². The Labute approximate surface area is 185 Å². The van der Waals surface area contributed by atoms with Gasteiger partial charge >= 0.3 is 5.97 Å². The summed E-state index contributed by atoms with van der Waals surface area (Å²) < 4.78 is 23.7. The lowest BCUT2D eigenvalue weighted by Gasteiger charge is -2.60. The lowest BCUT2D eigenvalue weighted by Crippen LogP contribution is -2.71. The van der Waals surface area contributed by atoms with Crippen LogP contribution in [-0.4, -0.2) is 81.1 Å². The molecular formula is C21H32O11. The number of rotatable bonds is 3. The van der Waals surface area contributed by atoms with Crippen LogP contribution in [-0.2, 0) is 33.5 Å². The fraction of sp³-hybridized carbons (Fsp3) is 0.952. The van der Waals surface area contributed by atoms with Crippen molar-refractivity contribution in [3.63, 3.8) is 0 Å². The van der Waals surface area contributed by atoms with Gasteiger partial charge < -0.3 is 39.4 Å². The fourth-order valence-electron chi connectivity index (χ4n) is 6.32. The Morgan fingerprint density at radius 3 is 2.41 bits per heavy atom. The molecule has 4 N–H and O–H groups in total.